The van der Waals surface area contributed by atoms with E-state index >= 15 is 0 Å². The standard InChI is InChI=1S/C35H34ClF3N6O5/c1-18-20(7-6-10-23(18)41-31-29-26(15-28(43-31)35(37,38)39)44(2)34(48)45(3)33(29)47)21-8-5-9-22(30(21)36)24-12-11-19(32(42-24)49-4)16-40-25-13-14-50-17-27(25)46/h5-12,15,25,27,40,46H,13-14,16-17H2,1-4H3,(H,41,43)/t25-,27+/m0/s1. The number of halogens is 4. The summed E-state index contributed by atoms with van der Waals surface area (Å²) in [4.78, 5) is 34.3. The van der Waals surface area contributed by atoms with Gasteiger partial charge in [0.1, 0.15) is 16.9 Å². The molecule has 5 aromatic rings. The molecule has 1 fully saturated rings. The number of methoxy groups -OCH3 is 1. The van der Waals surface area contributed by atoms with E-state index in [1.54, 1.807) is 19.1 Å². The predicted molar refractivity (Wildman–Crippen MR) is 184 cm³/mol. The molecule has 1 saturated heterocycles. The van der Waals surface area contributed by atoms with Crippen molar-refractivity contribution in [2.24, 2.45) is 14.1 Å². The molecule has 2 atom stereocenters. The highest BCUT2D eigenvalue weighted by Crippen LogP contribution is 2.40. The summed E-state index contributed by atoms with van der Waals surface area (Å²) in [5.41, 5.74) is 1.23. The van der Waals surface area contributed by atoms with Crippen molar-refractivity contribution in [3.8, 4) is 28.3 Å². The molecule has 50 heavy (non-hydrogen) atoms. The molecule has 0 radical (unpaired) electrons. The minimum atomic E-state index is -4.84. The van der Waals surface area contributed by atoms with Gasteiger partial charge in [-0.2, -0.15) is 13.2 Å². The molecule has 15 heteroatoms. The quantitative estimate of drug-likeness (QED) is 0.195. The third-order valence-corrected chi connectivity index (χ3v) is 9.32. The summed E-state index contributed by atoms with van der Waals surface area (Å²) in [7, 11) is 4.07. The highest BCUT2D eigenvalue weighted by atomic mass is 35.5. The first-order valence-corrected chi connectivity index (χ1v) is 16.0. The summed E-state index contributed by atoms with van der Waals surface area (Å²) in [6.07, 6.45) is -4.77. The number of pyridine rings is 2. The number of aryl methyl sites for hydroxylation is 1. The van der Waals surface area contributed by atoms with Crippen LogP contribution in [0.25, 0.3) is 33.3 Å². The van der Waals surface area contributed by atoms with Crippen LogP contribution in [0.2, 0.25) is 5.02 Å². The number of hydrogen-bond acceptors (Lipinski definition) is 9. The monoisotopic (exact) mass is 710 g/mol. The van der Waals surface area contributed by atoms with E-state index in [-0.39, 0.29) is 29.4 Å². The van der Waals surface area contributed by atoms with Crippen LogP contribution in [0.1, 0.15) is 23.2 Å². The lowest BCUT2D eigenvalue weighted by Gasteiger charge is -2.28. The highest BCUT2D eigenvalue weighted by Gasteiger charge is 2.34. The van der Waals surface area contributed by atoms with Gasteiger partial charge in [-0.05, 0) is 42.7 Å². The van der Waals surface area contributed by atoms with Crippen LogP contribution in [0, 0.1) is 6.92 Å². The van der Waals surface area contributed by atoms with Crippen LogP contribution in [0.4, 0.5) is 24.7 Å². The Kier molecular flexibility index (Phi) is 9.73. The maximum atomic E-state index is 13.9. The van der Waals surface area contributed by atoms with Gasteiger partial charge in [0.25, 0.3) is 5.56 Å². The first kappa shape index (κ1) is 35.1. The molecular formula is C35H34ClF3N6O5. The molecule has 4 heterocycles. The van der Waals surface area contributed by atoms with Crippen molar-refractivity contribution in [1.82, 2.24) is 24.4 Å². The van der Waals surface area contributed by atoms with Gasteiger partial charge >= 0.3 is 11.9 Å². The Morgan fingerprint density at radius 3 is 2.48 bits per heavy atom. The number of nitrogens with zero attached hydrogens (tertiary/aromatic N) is 4. The Labute approximate surface area is 289 Å². The third-order valence-electron chi connectivity index (χ3n) is 8.91. The maximum Gasteiger partial charge on any atom is 0.433 e. The second-order valence-electron chi connectivity index (χ2n) is 12.0. The molecule has 1 aliphatic rings. The van der Waals surface area contributed by atoms with Crippen molar-refractivity contribution < 1.29 is 27.8 Å². The van der Waals surface area contributed by atoms with Gasteiger partial charge in [-0.15, -0.1) is 0 Å². The molecule has 3 aromatic heterocycles. The second-order valence-corrected chi connectivity index (χ2v) is 12.4. The summed E-state index contributed by atoms with van der Waals surface area (Å²) >= 11 is 7.03. The van der Waals surface area contributed by atoms with Gasteiger partial charge in [0, 0.05) is 55.7 Å². The van der Waals surface area contributed by atoms with Crippen molar-refractivity contribution in [2.45, 2.75) is 38.2 Å². The number of aromatic nitrogens is 4. The normalized spacial score (nSPS) is 16.5. The number of rotatable bonds is 8. The number of aliphatic hydroxyl groups is 1. The van der Waals surface area contributed by atoms with Crippen molar-refractivity contribution in [1.29, 1.82) is 0 Å². The zero-order valence-corrected chi connectivity index (χ0v) is 28.3. The van der Waals surface area contributed by atoms with Crippen molar-refractivity contribution in [2.75, 3.05) is 25.6 Å². The van der Waals surface area contributed by atoms with Crippen LogP contribution in [-0.2, 0) is 31.6 Å². The van der Waals surface area contributed by atoms with Gasteiger partial charge in [-0.25, -0.2) is 14.8 Å². The van der Waals surface area contributed by atoms with Gasteiger partial charge in [0.2, 0.25) is 5.88 Å². The van der Waals surface area contributed by atoms with E-state index in [1.165, 1.54) is 21.2 Å². The topological polar surface area (TPSA) is 133 Å². The number of alkyl halides is 3. The molecule has 0 amide bonds. The summed E-state index contributed by atoms with van der Waals surface area (Å²) in [5, 5.41) is 16.7. The molecule has 11 nitrogen and oxygen atoms in total. The van der Waals surface area contributed by atoms with Crippen LogP contribution >= 0.6 is 11.6 Å². The first-order chi connectivity index (χ1) is 23.8. The Morgan fingerprint density at radius 1 is 1.04 bits per heavy atom. The number of nitrogens with one attached hydrogen (secondary N) is 2. The zero-order chi connectivity index (χ0) is 35.9. The Morgan fingerprint density at radius 2 is 1.76 bits per heavy atom. The molecule has 0 spiro atoms. The van der Waals surface area contributed by atoms with Crippen molar-refractivity contribution in [3.63, 3.8) is 0 Å². The average Bonchev–Trinajstić information content (AvgIpc) is 3.10. The van der Waals surface area contributed by atoms with E-state index in [9.17, 15) is 27.9 Å². The molecule has 0 aliphatic carbocycles. The highest BCUT2D eigenvalue weighted by molar-refractivity contribution is 6.36. The Hall–Kier alpha value is -4.76. The van der Waals surface area contributed by atoms with Crippen molar-refractivity contribution >= 4 is 34.0 Å². The van der Waals surface area contributed by atoms with E-state index < -0.39 is 29.2 Å². The zero-order valence-electron chi connectivity index (χ0n) is 27.6. The van der Waals surface area contributed by atoms with Crippen molar-refractivity contribution in [3.05, 3.63) is 97.3 Å². The minimum absolute atomic E-state index is 0.116. The molecular weight excluding hydrogens is 677 g/mol. The third kappa shape index (κ3) is 6.59. The first-order valence-electron chi connectivity index (χ1n) is 15.7. The van der Waals surface area contributed by atoms with Gasteiger partial charge in [-0.3, -0.25) is 13.9 Å². The second kappa shape index (κ2) is 13.9. The van der Waals surface area contributed by atoms with E-state index in [0.29, 0.717) is 70.2 Å². The van der Waals surface area contributed by atoms with Crippen LogP contribution in [0.15, 0.2) is 64.2 Å². The predicted octanol–water partition coefficient (Wildman–Crippen LogP) is 5.33. The van der Waals surface area contributed by atoms with Crippen LogP contribution < -0.4 is 26.6 Å². The Bertz CT molecular complexity index is 2220. The fourth-order valence-electron chi connectivity index (χ4n) is 6.09. The lowest BCUT2D eigenvalue weighted by atomic mass is 9.96. The molecule has 2 aromatic carbocycles. The number of anilines is 2. The lowest BCUT2D eigenvalue weighted by Crippen LogP contribution is -2.46. The number of ether oxygens (including phenoxy) is 2. The van der Waals surface area contributed by atoms with Crippen LogP contribution in [-0.4, -0.2) is 56.7 Å². The number of hydrogen-bond donors (Lipinski definition) is 3. The van der Waals surface area contributed by atoms with Gasteiger partial charge in [-0.1, -0.05) is 48.0 Å². The van der Waals surface area contributed by atoms with Crippen LogP contribution in [0.5, 0.6) is 5.88 Å². The maximum absolute atomic E-state index is 13.9. The van der Waals surface area contributed by atoms with E-state index in [1.807, 2.05) is 36.4 Å². The van der Waals surface area contributed by atoms with E-state index in [0.717, 1.165) is 14.7 Å². The largest absolute Gasteiger partial charge is 0.481 e. The molecule has 6 rings (SSSR count). The van der Waals surface area contributed by atoms with Gasteiger partial charge in [0.15, 0.2) is 0 Å². The number of benzene rings is 2. The van der Waals surface area contributed by atoms with Crippen LogP contribution in [0.3, 0.4) is 0 Å². The van der Waals surface area contributed by atoms with E-state index in [2.05, 4.69) is 15.6 Å². The summed E-state index contributed by atoms with van der Waals surface area (Å²) in [6.45, 7) is 3.03. The smallest absolute Gasteiger partial charge is 0.433 e. The number of fused-ring (bicyclic) bond motifs is 1. The minimum Gasteiger partial charge on any atom is -0.481 e. The molecule has 0 bridgehead atoms. The Balaban J connectivity index is 1.36. The van der Waals surface area contributed by atoms with Gasteiger partial charge in [0.05, 0.1) is 36.1 Å². The number of aliphatic hydroxyl groups excluding tert-OH is 1. The summed E-state index contributed by atoms with van der Waals surface area (Å²) in [5.74, 6) is 0.0492. The fraction of sp³-hybridized carbons (Fsp3) is 0.314. The molecule has 1 aliphatic heterocycles. The molecule has 262 valence electrons. The summed E-state index contributed by atoms with van der Waals surface area (Å²) in [6, 6.07) is 14.9. The molecule has 0 saturated carbocycles. The summed E-state index contributed by atoms with van der Waals surface area (Å²) < 4.78 is 54.5. The lowest BCUT2D eigenvalue weighted by molar-refractivity contribution is -0.141. The van der Waals surface area contributed by atoms with E-state index in [4.69, 9.17) is 26.1 Å². The van der Waals surface area contributed by atoms with Gasteiger partial charge < -0.3 is 25.2 Å². The SMILES string of the molecule is COc1nc(-c2cccc(-c3cccc(Nc4nc(C(F)(F)F)cc5c4c(=O)n(C)c(=O)n5C)c3C)c2Cl)ccc1CN[C@H]1CCOC[C@H]1O. The molecule has 0 unspecified atom stereocenters. The average molecular weight is 711 g/mol. The fourth-order valence-corrected chi connectivity index (χ4v) is 6.41. The molecule has 3 N–H and O–H groups in total.